The molecule has 0 aliphatic carbocycles. The topological polar surface area (TPSA) is 66.0 Å². The summed E-state index contributed by atoms with van der Waals surface area (Å²) in [5.41, 5.74) is 6.88. The highest BCUT2D eigenvalue weighted by atomic mass is 35.5. The van der Waals surface area contributed by atoms with E-state index in [0.717, 1.165) is 18.8 Å². The lowest BCUT2D eigenvalue weighted by Gasteiger charge is -2.27. The highest BCUT2D eigenvalue weighted by Gasteiger charge is 2.28. The van der Waals surface area contributed by atoms with Crippen molar-refractivity contribution in [2.75, 3.05) is 12.8 Å². The molecule has 1 aliphatic heterocycles. The van der Waals surface area contributed by atoms with Crippen molar-refractivity contribution in [1.82, 2.24) is 14.8 Å². The summed E-state index contributed by atoms with van der Waals surface area (Å²) in [6.45, 7) is 2.93. The number of benzene rings is 1. The maximum atomic E-state index is 6.21. The average Bonchev–Trinajstić information content (AvgIpc) is 2.79. The summed E-state index contributed by atoms with van der Waals surface area (Å²) in [5.74, 6) is 2.71. The molecule has 1 aromatic heterocycles. The van der Waals surface area contributed by atoms with Gasteiger partial charge in [0.25, 0.3) is 0 Å². The second-order valence-corrected chi connectivity index (χ2v) is 5.65. The molecule has 2 N–H and O–H groups in total. The van der Waals surface area contributed by atoms with Crippen LogP contribution in [0.5, 0.6) is 5.75 Å². The average molecular weight is 293 g/mol. The zero-order chi connectivity index (χ0) is 14.3. The van der Waals surface area contributed by atoms with Gasteiger partial charge in [-0.1, -0.05) is 24.6 Å². The molecule has 2 atom stereocenters. The Morgan fingerprint density at radius 3 is 2.95 bits per heavy atom. The third-order valence-electron chi connectivity index (χ3n) is 3.84. The zero-order valence-corrected chi connectivity index (χ0v) is 12.3. The van der Waals surface area contributed by atoms with Crippen molar-refractivity contribution >= 4 is 17.5 Å². The summed E-state index contributed by atoms with van der Waals surface area (Å²) in [7, 11) is 1.62. The largest absolute Gasteiger partial charge is 0.495 e. The van der Waals surface area contributed by atoms with Gasteiger partial charge in [-0.25, -0.2) is 4.68 Å². The molecule has 0 spiro atoms. The number of anilines is 1. The first-order valence-electron chi connectivity index (χ1n) is 6.62. The first-order chi connectivity index (χ1) is 9.58. The molecule has 2 aromatic rings. The molecule has 1 aromatic carbocycles. The standard InChI is InChI=1S/C14H17ClN4O/c1-8-5-10(7-19-13(8)17-14(16)18-19)9-3-4-12(20-2)11(15)6-9/h3-4,6,8,10H,5,7H2,1-2H3,(H2,16,18). The van der Waals surface area contributed by atoms with Crippen LogP contribution in [0.3, 0.4) is 0 Å². The number of nitrogen functional groups attached to an aromatic ring is 1. The van der Waals surface area contributed by atoms with Crippen LogP contribution in [-0.4, -0.2) is 21.9 Å². The van der Waals surface area contributed by atoms with Gasteiger partial charge < -0.3 is 10.5 Å². The van der Waals surface area contributed by atoms with E-state index in [4.69, 9.17) is 22.1 Å². The summed E-state index contributed by atoms with van der Waals surface area (Å²) in [6.07, 6.45) is 1.01. The lowest BCUT2D eigenvalue weighted by atomic mass is 9.86. The minimum atomic E-state index is 0.333. The fraction of sp³-hybridized carbons (Fsp3) is 0.429. The molecular formula is C14H17ClN4O. The molecule has 0 saturated heterocycles. The molecule has 0 bridgehead atoms. The Morgan fingerprint density at radius 1 is 1.45 bits per heavy atom. The summed E-state index contributed by atoms with van der Waals surface area (Å²) >= 11 is 6.21. The lowest BCUT2D eigenvalue weighted by molar-refractivity contribution is 0.381. The molecule has 2 heterocycles. The number of methoxy groups -OCH3 is 1. The van der Waals surface area contributed by atoms with E-state index < -0.39 is 0 Å². The van der Waals surface area contributed by atoms with Crippen molar-refractivity contribution in [3.8, 4) is 5.75 Å². The minimum Gasteiger partial charge on any atom is -0.495 e. The lowest BCUT2D eigenvalue weighted by Crippen LogP contribution is -2.22. The third kappa shape index (κ3) is 2.22. The van der Waals surface area contributed by atoms with E-state index in [9.17, 15) is 0 Å². The molecule has 20 heavy (non-hydrogen) atoms. The van der Waals surface area contributed by atoms with Gasteiger partial charge in [-0.2, -0.15) is 4.98 Å². The van der Waals surface area contributed by atoms with E-state index in [0.29, 0.717) is 28.6 Å². The Kier molecular flexibility index (Phi) is 3.30. The number of fused-ring (bicyclic) bond motifs is 1. The predicted molar refractivity (Wildman–Crippen MR) is 78.2 cm³/mol. The summed E-state index contributed by atoms with van der Waals surface area (Å²) in [6, 6.07) is 5.95. The number of aromatic nitrogens is 3. The Hall–Kier alpha value is -1.75. The third-order valence-corrected chi connectivity index (χ3v) is 4.13. The molecule has 3 rings (SSSR count). The number of halogens is 1. The van der Waals surface area contributed by atoms with Gasteiger partial charge in [0.2, 0.25) is 5.95 Å². The predicted octanol–water partition coefficient (Wildman–Crippen LogP) is 2.81. The van der Waals surface area contributed by atoms with Gasteiger partial charge in [0.05, 0.1) is 12.1 Å². The monoisotopic (exact) mass is 292 g/mol. The Labute approximate surface area is 122 Å². The molecule has 0 saturated carbocycles. The van der Waals surface area contributed by atoms with Gasteiger partial charge in [-0.3, -0.25) is 0 Å². The van der Waals surface area contributed by atoms with Crippen LogP contribution < -0.4 is 10.5 Å². The van der Waals surface area contributed by atoms with E-state index in [1.807, 2.05) is 16.8 Å². The molecular weight excluding hydrogens is 276 g/mol. The summed E-state index contributed by atoms with van der Waals surface area (Å²) in [4.78, 5) is 4.29. The number of hydrogen-bond donors (Lipinski definition) is 1. The fourth-order valence-corrected chi connectivity index (χ4v) is 3.13. The van der Waals surface area contributed by atoms with Crippen LogP contribution in [0.4, 0.5) is 5.95 Å². The Balaban J connectivity index is 1.91. The van der Waals surface area contributed by atoms with Gasteiger partial charge in [-0.05, 0) is 24.1 Å². The van der Waals surface area contributed by atoms with Crippen molar-refractivity contribution in [2.45, 2.75) is 31.7 Å². The smallest absolute Gasteiger partial charge is 0.239 e. The maximum Gasteiger partial charge on any atom is 0.239 e. The Morgan fingerprint density at radius 2 is 2.25 bits per heavy atom. The normalized spacial score (nSPS) is 21.6. The number of nitrogens with zero attached hydrogens (tertiary/aromatic N) is 3. The molecule has 6 heteroatoms. The van der Waals surface area contributed by atoms with E-state index in [-0.39, 0.29) is 0 Å². The van der Waals surface area contributed by atoms with Crippen molar-refractivity contribution in [3.63, 3.8) is 0 Å². The molecule has 0 radical (unpaired) electrons. The molecule has 2 unspecified atom stereocenters. The van der Waals surface area contributed by atoms with Crippen LogP contribution in [0.2, 0.25) is 5.02 Å². The second kappa shape index (κ2) is 4.98. The van der Waals surface area contributed by atoms with Gasteiger partial charge in [0.1, 0.15) is 11.6 Å². The molecule has 5 nitrogen and oxygen atoms in total. The van der Waals surface area contributed by atoms with Crippen LogP contribution in [-0.2, 0) is 6.54 Å². The SMILES string of the molecule is COc1ccc(C2CC(C)c3nc(N)nn3C2)cc1Cl. The van der Waals surface area contributed by atoms with Crippen molar-refractivity contribution in [3.05, 3.63) is 34.6 Å². The first kappa shape index (κ1) is 13.2. The maximum absolute atomic E-state index is 6.21. The van der Waals surface area contributed by atoms with Crippen LogP contribution in [0.15, 0.2) is 18.2 Å². The summed E-state index contributed by atoms with van der Waals surface area (Å²) in [5, 5.41) is 4.90. The number of nitrogens with two attached hydrogens (primary N) is 1. The molecule has 0 amide bonds. The molecule has 0 fully saturated rings. The molecule has 106 valence electrons. The van der Waals surface area contributed by atoms with Crippen LogP contribution in [0, 0.1) is 0 Å². The second-order valence-electron chi connectivity index (χ2n) is 5.24. The van der Waals surface area contributed by atoms with Gasteiger partial charge in [0.15, 0.2) is 0 Å². The van der Waals surface area contributed by atoms with E-state index in [1.54, 1.807) is 7.11 Å². The van der Waals surface area contributed by atoms with Crippen molar-refractivity contribution in [1.29, 1.82) is 0 Å². The minimum absolute atomic E-state index is 0.333. The highest BCUT2D eigenvalue weighted by molar-refractivity contribution is 6.32. The van der Waals surface area contributed by atoms with Crippen molar-refractivity contribution < 1.29 is 4.74 Å². The van der Waals surface area contributed by atoms with Gasteiger partial charge in [-0.15, -0.1) is 5.10 Å². The van der Waals surface area contributed by atoms with Gasteiger partial charge in [0, 0.05) is 18.4 Å². The Bertz CT molecular complexity index is 640. The highest BCUT2D eigenvalue weighted by Crippen LogP contribution is 2.37. The number of hydrogen-bond acceptors (Lipinski definition) is 4. The molecule has 1 aliphatic rings. The van der Waals surface area contributed by atoms with E-state index >= 15 is 0 Å². The number of ether oxygens (including phenoxy) is 1. The van der Waals surface area contributed by atoms with E-state index in [2.05, 4.69) is 23.1 Å². The summed E-state index contributed by atoms with van der Waals surface area (Å²) < 4.78 is 7.10. The zero-order valence-electron chi connectivity index (χ0n) is 11.5. The van der Waals surface area contributed by atoms with Gasteiger partial charge >= 0.3 is 0 Å². The van der Waals surface area contributed by atoms with Crippen LogP contribution in [0.25, 0.3) is 0 Å². The van der Waals surface area contributed by atoms with Crippen LogP contribution >= 0.6 is 11.6 Å². The quantitative estimate of drug-likeness (QED) is 0.924. The van der Waals surface area contributed by atoms with E-state index in [1.165, 1.54) is 5.56 Å². The fourth-order valence-electron chi connectivity index (χ4n) is 2.86. The first-order valence-corrected chi connectivity index (χ1v) is 7.00. The van der Waals surface area contributed by atoms with Crippen LogP contribution in [0.1, 0.15) is 36.6 Å². The van der Waals surface area contributed by atoms with Crippen molar-refractivity contribution in [2.24, 2.45) is 0 Å². The number of rotatable bonds is 2.